The van der Waals surface area contributed by atoms with Gasteiger partial charge in [0.05, 0.1) is 0 Å². The molecule has 2 saturated carbocycles. The number of benzene rings is 1. The molecule has 1 radical (unpaired) electrons. The van der Waals surface area contributed by atoms with E-state index in [2.05, 4.69) is 30.9 Å². The molecule has 0 bridgehead atoms. The summed E-state index contributed by atoms with van der Waals surface area (Å²) in [5.41, 5.74) is 4.25. The fourth-order valence-corrected chi connectivity index (χ4v) is 2.08. The van der Waals surface area contributed by atoms with Gasteiger partial charge in [-0.25, -0.2) is 0 Å². The average Bonchev–Trinajstić information content (AvgIpc) is 3.07. The second-order valence-electron chi connectivity index (χ2n) is 4.61. The smallest absolute Gasteiger partial charge is 0.0161 e. The maximum absolute atomic E-state index is 3.75. The van der Waals surface area contributed by atoms with Crippen molar-refractivity contribution < 1.29 is 0 Å². The molecule has 0 spiro atoms. The summed E-state index contributed by atoms with van der Waals surface area (Å²) in [6.07, 6.45) is 8.54. The van der Waals surface area contributed by atoms with Gasteiger partial charge in [0.1, 0.15) is 0 Å². The molecule has 0 saturated heterocycles. The van der Waals surface area contributed by atoms with E-state index in [1.54, 1.807) is 0 Å². The molecule has 2 aliphatic rings. The summed E-state index contributed by atoms with van der Waals surface area (Å²) >= 11 is 0. The van der Waals surface area contributed by atoms with Crippen molar-refractivity contribution in [2.75, 3.05) is 0 Å². The monoisotopic (exact) mass is 183 g/mol. The maximum atomic E-state index is 3.75. The lowest BCUT2D eigenvalue weighted by Crippen LogP contribution is -1.87. The summed E-state index contributed by atoms with van der Waals surface area (Å²) < 4.78 is 0. The van der Waals surface area contributed by atoms with E-state index in [9.17, 15) is 0 Å². The van der Waals surface area contributed by atoms with Gasteiger partial charge in [-0.05, 0) is 60.3 Å². The van der Waals surface area contributed by atoms with Crippen LogP contribution in [0.3, 0.4) is 0 Å². The van der Waals surface area contributed by atoms with Gasteiger partial charge in [-0.15, -0.1) is 0 Å². The Balaban J connectivity index is 2.01. The van der Waals surface area contributed by atoms with E-state index < -0.39 is 0 Å². The van der Waals surface area contributed by atoms with Crippen molar-refractivity contribution in [1.82, 2.24) is 0 Å². The zero-order valence-corrected chi connectivity index (χ0v) is 8.42. The Morgan fingerprint density at radius 2 is 1.43 bits per heavy atom. The van der Waals surface area contributed by atoms with E-state index in [0.717, 1.165) is 11.8 Å². The molecular formula is C14H15. The van der Waals surface area contributed by atoms with Gasteiger partial charge in [0.2, 0.25) is 0 Å². The van der Waals surface area contributed by atoms with Crippen LogP contribution < -0.4 is 0 Å². The second-order valence-corrected chi connectivity index (χ2v) is 4.61. The van der Waals surface area contributed by atoms with E-state index in [1.165, 1.54) is 42.4 Å². The average molecular weight is 183 g/mol. The lowest BCUT2D eigenvalue weighted by atomic mass is 10.00. The molecule has 1 aromatic carbocycles. The third-order valence-corrected chi connectivity index (χ3v) is 3.28. The predicted molar refractivity (Wildman–Crippen MR) is 58.4 cm³/mol. The van der Waals surface area contributed by atoms with E-state index >= 15 is 0 Å². The van der Waals surface area contributed by atoms with Gasteiger partial charge in [-0.1, -0.05) is 24.8 Å². The third-order valence-electron chi connectivity index (χ3n) is 3.28. The predicted octanol–water partition coefficient (Wildman–Crippen LogP) is 3.78. The number of hydrogen-bond acceptors (Lipinski definition) is 0. The maximum Gasteiger partial charge on any atom is -0.0161 e. The molecule has 0 unspecified atom stereocenters. The van der Waals surface area contributed by atoms with Crippen LogP contribution in [-0.2, 0) is 0 Å². The molecule has 0 atom stereocenters. The zero-order valence-electron chi connectivity index (χ0n) is 8.42. The second kappa shape index (κ2) is 2.98. The van der Waals surface area contributed by atoms with Gasteiger partial charge < -0.3 is 0 Å². The van der Waals surface area contributed by atoms with Crippen molar-refractivity contribution in [2.24, 2.45) is 0 Å². The minimum Gasteiger partial charge on any atom is -0.0906 e. The summed E-state index contributed by atoms with van der Waals surface area (Å²) in [4.78, 5) is 0. The van der Waals surface area contributed by atoms with Crippen LogP contribution in [-0.4, -0.2) is 0 Å². The Hall–Kier alpha value is -1.04. The van der Waals surface area contributed by atoms with Crippen LogP contribution in [0.2, 0.25) is 0 Å². The molecule has 0 amide bonds. The van der Waals surface area contributed by atoms with Crippen molar-refractivity contribution in [3.63, 3.8) is 0 Å². The molecule has 0 nitrogen and oxygen atoms in total. The Kier molecular flexibility index (Phi) is 1.76. The van der Waals surface area contributed by atoms with Crippen LogP contribution in [0, 0.1) is 6.08 Å². The van der Waals surface area contributed by atoms with Crippen LogP contribution in [0.1, 0.15) is 54.2 Å². The third kappa shape index (κ3) is 1.50. The van der Waals surface area contributed by atoms with E-state index in [-0.39, 0.29) is 0 Å². The Bertz CT molecular complexity index is 337. The highest BCUT2D eigenvalue weighted by molar-refractivity contribution is 5.39. The van der Waals surface area contributed by atoms with E-state index in [0.29, 0.717) is 0 Å². The van der Waals surface area contributed by atoms with Gasteiger partial charge >= 0.3 is 0 Å². The topological polar surface area (TPSA) is 0 Å². The quantitative estimate of drug-likeness (QED) is 0.669. The van der Waals surface area contributed by atoms with Crippen molar-refractivity contribution in [3.05, 3.63) is 47.5 Å². The Labute approximate surface area is 85.6 Å². The molecule has 0 heterocycles. The Morgan fingerprint density at radius 3 is 1.79 bits per heavy atom. The Morgan fingerprint density at radius 1 is 0.929 bits per heavy atom. The van der Waals surface area contributed by atoms with Gasteiger partial charge in [-0.2, -0.15) is 0 Å². The van der Waals surface area contributed by atoms with Gasteiger partial charge in [-0.3, -0.25) is 0 Å². The van der Waals surface area contributed by atoms with Crippen molar-refractivity contribution >= 4 is 0 Å². The summed E-state index contributed by atoms with van der Waals surface area (Å²) in [6.45, 7) is 3.75. The van der Waals surface area contributed by atoms with Crippen molar-refractivity contribution in [1.29, 1.82) is 0 Å². The highest BCUT2D eigenvalue weighted by atomic mass is 14.3. The van der Waals surface area contributed by atoms with E-state index in [4.69, 9.17) is 0 Å². The largest absolute Gasteiger partial charge is 0.0906 e. The van der Waals surface area contributed by atoms with Gasteiger partial charge in [0.25, 0.3) is 0 Å². The molecular weight excluding hydrogens is 168 g/mol. The van der Waals surface area contributed by atoms with Gasteiger partial charge in [0, 0.05) is 0 Å². The minimum atomic E-state index is 0.848. The first-order valence-corrected chi connectivity index (χ1v) is 5.55. The molecule has 0 heteroatoms. The van der Waals surface area contributed by atoms with Crippen LogP contribution in [0.25, 0.3) is 0 Å². The highest BCUT2D eigenvalue weighted by Gasteiger charge is 2.28. The van der Waals surface area contributed by atoms with Crippen molar-refractivity contribution in [2.45, 2.75) is 37.5 Å². The minimum absolute atomic E-state index is 0.848. The molecule has 2 fully saturated rings. The summed E-state index contributed by atoms with van der Waals surface area (Å²) in [5, 5.41) is 0. The molecule has 0 aromatic heterocycles. The molecule has 3 rings (SSSR count). The zero-order chi connectivity index (χ0) is 9.54. The lowest BCUT2D eigenvalue weighted by Gasteiger charge is -2.05. The molecule has 2 aliphatic carbocycles. The van der Waals surface area contributed by atoms with Gasteiger partial charge in [0.15, 0.2) is 0 Å². The van der Waals surface area contributed by atoms with Crippen molar-refractivity contribution in [3.8, 4) is 0 Å². The molecule has 0 aliphatic heterocycles. The fourth-order valence-electron chi connectivity index (χ4n) is 2.08. The summed E-state index contributed by atoms with van der Waals surface area (Å²) in [5.74, 6) is 1.70. The molecule has 14 heavy (non-hydrogen) atoms. The van der Waals surface area contributed by atoms with Crippen LogP contribution >= 0.6 is 0 Å². The lowest BCUT2D eigenvalue weighted by molar-refractivity contribution is 1.07. The molecule has 71 valence electrons. The summed E-state index contributed by atoms with van der Waals surface area (Å²) in [6, 6.07) is 6.93. The van der Waals surface area contributed by atoms with Crippen LogP contribution in [0.15, 0.2) is 24.8 Å². The highest BCUT2D eigenvalue weighted by Crippen LogP contribution is 2.45. The molecule has 0 N–H and O–H groups in total. The standard InChI is InChI=1S/C14H15/c1-2-10-7-13(11-3-4-11)9-14(8-10)12-5-6-12/h7-9,11-12H,1,3-6H2. The number of rotatable bonds is 3. The fraction of sp³-hybridized carbons (Fsp3) is 0.429. The van der Waals surface area contributed by atoms with E-state index in [1.807, 2.05) is 0 Å². The summed E-state index contributed by atoms with van der Waals surface area (Å²) in [7, 11) is 0. The number of hydrogen-bond donors (Lipinski definition) is 0. The van der Waals surface area contributed by atoms with Crippen LogP contribution in [0.4, 0.5) is 0 Å². The van der Waals surface area contributed by atoms with Crippen LogP contribution in [0.5, 0.6) is 0 Å². The normalized spacial score (nSPS) is 20.9. The first-order chi connectivity index (χ1) is 6.86. The molecule has 1 aromatic rings. The first kappa shape index (κ1) is 8.28. The first-order valence-electron chi connectivity index (χ1n) is 5.55. The SMILES string of the molecule is C=[C]c1cc(C2CC2)cc(C2CC2)c1.